The zero-order valence-electron chi connectivity index (χ0n) is 14.5. The van der Waals surface area contributed by atoms with Crippen molar-refractivity contribution in [2.45, 2.75) is 13.0 Å². The lowest BCUT2D eigenvalue weighted by atomic mass is 10.2. The number of nitrogens with zero attached hydrogens (tertiary/aromatic N) is 1. The van der Waals surface area contributed by atoms with E-state index in [0.29, 0.717) is 36.9 Å². The molecular weight excluding hydrogens is 395 g/mol. The molecule has 1 saturated heterocycles. The van der Waals surface area contributed by atoms with E-state index in [-0.39, 0.29) is 16.7 Å². The minimum absolute atomic E-state index is 0.0777. The summed E-state index contributed by atoms with van der Waals surface area (Å²) in [6.07, 6.45) is -0.888. The maximum absolute atomic E-state index is 13.1. The Hall–Kier alpha value is -2.16. The molecule has 2 heterocycles. The van der Waals surface area contributed by atoms with Gasteiger partial charge in [-0.25, -0.2) is 4.39 Å². The Labute approximate surface area is 164 Å². The van der Waals surface area contributed by atoms with Crippen molar-refractivity contribution in [3.63, 3.8) is 0 Å². The predicted octanol–water partition coefficient (Wildman–Crippen LogP) is 3.42. The number of carbonyl (C=O) groups excluding carboxylic acids is 2. The molecule has 1 fully saturated rings. The smallest absolute Gasteiger partial charge is 0.265 e. The molecule has 2 aromatic rings. The van der Waals surface area contributed by atoms with Gasteiger partial charge in [0.15, 0.2) is 6.10 Å². The van der Waals surface area contributed by atoms with Gasteiger partial charge in [-0.15, -0.1) is 11.3 Å². The molecule has 1 aromatic heterocycles. The van der Waals surface area contributed by atoms with Crippen molar-refractivity contribution in [2.24, 2.45) is 0 Å². The Morgan fingerprint density at radius 3 is 2.78 bits per heavy atom. The van der Waals surface area contributed by atoms with Gasteiger partial charge in [-0.1, -0.05) is 11.6 Å². The van der Waals surface area contributed by atoms with Crippen molar-refractivity contribution in [1.29, 1.82) is 0 Å². The van der Waals surface area contributed by atoms with Crippen molar-refractivity contribution in [2.75, 3.05) is 31.6 Å². The summed E-state index contributed by atoms with van der Waals surface area (Å²) in [4.78, 5) is 26.8. The lowest BCUT2D eigenvalue weighted by molar-refractivity contribution is -0.122. The topological polar surface area (TPSA) is 67.9 Å². The van der Waals surface area contributed by atoms with E-state index in [1.165, 1.54) is 23.5 Å². The number of halogens is 2. The van der Waals surface area contributed by atoms with Crippen LogP contribution in [-0.4, -0.2) is 49.1 Å². The fourth-order valence-electron chi connectivity index (χ4n) is 2.54. The largest absolute Gasteiger partial charge is 0.479 e. The molecule has 1 unspecified atom stereocenters. The van der Waals surface area contributed by atoms with Crippen molar-refractivity contribution < 1.29 is 23.5 Å². The minimum Gasteiger partial charge on any atom is -0.479 e. The molecule has 27 heavy (non-hydrogen) atoms. The summed E-state index contributed by atoms with van der Waals surface area (Å²) in [6.45, 7) is 3.59. The first-order valence-corrected chi connectivity index (χ1v) is 9.58. The van der Waals surface area contributed by atoms with Gasteiger partial charge in [0.2, 0.25) is 0 Å². The van der Waals surface area contributed by atoms with Crippen molar-refractivity contribution >= 4 is 39.8 Å². The van der Waals surface area contributed by atoms with Crippen LogP contribution in [0.25, 0.3) is 0 Å². The second-order valence-electron chi connectivity index (χ2n) is 5.89. The number of hydrogen-bond donors (Lipinski definition) is 1. The Morgan fingerprint density at radius 1 is 1.33 bits per heavy atom. The normalized spacial score (nSPS) is 15.3. The van der Waals surface area contributed by atoms with Crippen LogP contribution < -0.4 is 10.1 Å². The van der Waals surface area contributed by atoms with E-state index >= 15 is 0 Å². The van der Waals surface area contributed by atoms with Crippen molar-refractivity contribution in [1.82, 2.24) is 4.90 Å². The quantitative estimate of drug-likeness (QED) is 0.817. The van der Waals surface area contributed by atoms with E-state index in [1.54, 1.807) is 23.3 Å². The van der Waals surface area contributed by atoms with Crippen LogP contribution >= 0.6 is 22.9 Å². The summed E-state index contributed by atoms with van der Waals surface area (Å²) < 4.78 is 23.9. The molecule has 0 saturated carbocycles. The van der Waals surface area contributed by atoms with Gasteiger partial charge in [0.05, 0.1) is 23.8 Å². The maximum atomic E-state index is 13.1. The Kier molecular flexibility index (Phi) is 6.30. The lowest BCUT2D eigenvalue weighted by Gasteiger charge is -2.27. The van der Waals surface area contributed by atoms with Crippen LogP contribution in [0.1, 0.15) is 17.3 Å². The average molecular weight is 413 g/mol. The molecule has 9 heteroatoms. The van der Waals surface area contributed by atoms with E-state index in [2.05, 4.69) is 5.32 Å². The Balaban J connectivity index is 1.65. The second-order valence-corrected chi connectivity index (χ2v) is 7.22. The molecule has 6 nitrogen and oxygen atoms in total. The molecule has 1 atom stereocenters. The Morgan fingerprint density at radius 2 is 2.07 bits per heavy atom. The molecule has 1 aliphatic rings. The molecule has 1 N–H and O–H groups in total. The molecule has 2 amide bonds. The first kappa shape index (κ1) is 19.6. The van der Waals surface area contributed by atoms with Gasteiger partial charge in [0, 0.05) is 13.1 Å². The number of benzene rings is 1. The van der Waals surface area contributed by atoms with E-state index in [4.69, 9.17) is 21.1 Å². The third-order valence-electron chi connectivity index (χ3n) is 4.00. The standard InChI is InChI=1S/C18H18ClFN2O4S/c1-11(26-15-3-2-12(20)10-14(15)19)16(23)21-17-13(4-9-27-17)18(24)22-5-7-25-8-6-22/h2-4,9-11H,5-8H2,1H3,(H,21,23). The van der Waals surface area contributed by atoms with Crippen molar-refractivity contribution in [3.8, 4) is 5.75 Å². The fourth-order valence-corrected chi connectivity index (χ4v) is 3.53. The molecule has 0 bridgehead atoms. The first-order chi connectivity index (χ1) is 13.0. The van der Waals surface area contributed by atoms with E-state index in [1.807, 2.05) is 0 Å². The monoisotopic (exact) mass is 412 g/mol. The first-order valence-electron chi connectivity index (χ1n) is 8.33. The molecular formula is C18H18ClFN2O4S. The average Bonchev–Trinajstić information content (AvgIpc) is 3.12. The van der Waals surface area contributed by atoms with Crippen LogP contribution in [0.3, 0.4) is 0 Å². The summed E-state index contributed by atoms with van der Waals surface area (Å²) in [5, 5.41) is 5.00. The molecule has 0 aliphatic carbocycles. The number of nitrogens with one attached hydrogen (secondary N) is 1. The van der Waals surface area contributed by atoms with Gasteiger partial charge >= 0.3 is 0 Å². The van der Waals surface area contributed by atoms with Crippen LogP contribution in [0.2, 0.25) is 5.02 Å². The summed E-state index contributed by atoms with van der Waals surface area (Å²) in [7, 11) is 0. The molecule has 3 rings (SSSR count). The van der Waals surface area contributed by atoms with E-state index in [9.17, 15) is 14.0 Å². The summed E-state index contributed by atoms with van der Waals surface area (Å²) >= 11 is 7.18. The third kappa shape index (κ3) is 4.77. The summed E-state index contributed by atoms with van der Waals surface area (Å²) in [5.41, 5.74) is 0.433. The number of hydrogen-bond acceptors (Lipinski definition) is 5. The van der Waals surface area contributed by atoms with Gasteiger partial charge < -0.3 is 19.7 Å². The number of anilines is 1. The van der Waals surface area contributed by atoms with Crippen LogP contribution in [0.4, 0.5) is 9.39 Å². The number of rotatable bonds is 5. The van der Waals surface area contributed by atoms with E-state index < -0.39 is 17.8 Å². The zero-order valence-corrected chi connectivity index (χ0v) is 16.1. The highest BCUT2D eigenvalue weighted by Crippen LogP contribution is 2.28. The highest BCUT2D eigenvalue weighted by molar-refractivity contribution is 7.14. The van der Waals surface area contributed by atoms with Gasteiger partial charge in [0.25, 0.3) is 11.8 Å². The lowest BCUT2D eigenvalue weighted by Crippen LogP contribution is -2.41. The van der Waals surface area contributed by atoms with Crippen LogP contribution in [0, 0.1) is 5.82 Å². The SMILES string of the molecule is CC(Oc1ccc(F)cc1Cl)C(=O)Nc1sccc1C(=O)N1CCOCC1. The van der Waals surface area contributed by atoms with Gasteiger partial charge in [-0.3, -0.25) is 9.59 Å². The minimum atomic E-state index is -0.888. The number of thiophene rings is 1. The van der Waals surface area contributed by atoms with E-state index in [0.717, 1.165) is 6.07 Å². The van der Waals surface area contributed by atoms with Crippen LogP contribution in [0.15, 0.2) is 29.6 Å². The number of amides is 2. The zero-order chi connectivity index (χ0) is 19.4. The number of carbonyl (C=O) groups is 2. The third-order valence-corrected chi connectivity index (χ3v) is 5.12. The highest BCUT2D eigenvalue weighted by Gasteiger charge is 2.24. The molecule has 1 aromatic carbocycles. The predicted molar refractivity (Wildman–Crippen MR) is 101 cm³/mol. The summed E-state index contributed by atoms with van der Waals surface area (Å²) in [5.74, 6) is -0.871. The second kappa shape index (κ2) is 8.69. The molecule has 0 spiro atoms. The highest BCUT2D eigenvalue weighted by atomic mass is 35.5. The number of morpholine rings is 1. The van der Waals surface area contributed by atoms with Crippen LogP contribution in [-0.2, 0) is 9.53 Å². The van der Waals surface area contributed by atoms with Crippen molar-refractivity contribution in [3.05, 3.63) is 46.0 Å². The maximum Gasteiger partial charge on any atom is 0.265 e. The molecule has 144 valence electrons. The van der Waals surface area contributed by atoms with Crippen LogP contribution in [0.5, 0.6) is 5.75 Å². The Bertz CT molecular complexity index is 839. The molecule has 0 radical (unpaired) electrons. The fraction of sp³-hybridized carbons (Fsp3) is 0.333. The van der Waals surface area contributed by atoms with Gasteiger partial charge in [-0.2, -0.15) is 0 Å². The van der Waals surface area contributed by atoms with Gasteiger partial charge in [0.1, 0.15) is 16.6 Å². The molecule has 1 aliphatic heterocycles. The summed E-state index contributed by atoms with van der Waals surface area (Å²) in [6, 6.07) is 5.35. The number of ether oxygens (including phenoxy) is 2. The van der Waals surface area contributed by atoms with Gasteiger partial charge in [-0.05, 0) is 36.6 Å².